The summed E-state index contributed by atoms with van der Waals surface area (Å²) in [5.41, 5.74) is 5.77. The van der Waals surface area contributed by atoms with Crippen molar-refractivity contribution in [3.63, 3.8) is 0 Å². The molecule has 0 bridgehead atoms. The van der Waals surface area contributed by atoms with Gasteiger partial charge in [0.1, 0.15) is 6.61 Å². The van der Waals surface area contributed by atoms with Gasteiger partial charge in [0, 0.05) is 30.7 Å². The topological polar surface area (TPSA) is 56.8 Å². The van der Waals surface area contributed by atoms with Crippen LogP contribution in [0.2, 0.25) is 0 Å². The molecule has 0 aromatic heterocycles. The predicted octanol–water partition coefficient (Wildman–Crippen LogP) is 7.70. The van der Waals surface area contributed by atoms with Crippen molar-refractivity contribution in [1.29, 1.82) is 0 Å². The number of carbonyl (C=O) groups excluding carboxylic acids is 1. The molecule has 1 amide bonds. The van der Waals surface area contributed by atoms with Gasteiger partial charge >= 0.3 is 6.09 Å². The van der Waals surface area contributed by atoms with Gasteiger partial charge in [0.05, 0.1) is 19.9 Å². The first-order valence-corrected chi connectivity index (χ1v) is 15.7. The lowest BCUT2D eigenvalue weighted by molar-refractivity contribution is -0.312. The summed E-state index contributed by atoms with van der Waals surface area (Å²) in [5, 5.41) is 2.68. The molecule has 1 aromatic rings. The Morgan fingerprint density at radius 3 is 2.50 bits per heavy atom. The van der Waals surface area contributed by atoms with Crippen LogP contribution in [0.4, 0.5) is 9.18 Å². The lowest BCUT2D eigenvalue weighted by Crippen LogP contribution is -2.52. The lowest BCUT2D eigenvalue weighted by Gasteiger charge is -2.55. The van der Waals surface area contributed by atoms with E-state index in [4.69, 9.17) is 14.2 Å². The highest BCUT2D eigenvalue weighted by molar-refractivity contribution is 5.67. The van der Waals surface area contributed by atoms with Crippen LogP contribution in [0.15, 0.2) is 35.4 Å². The van der Waals surface area contributed by atoms with E-state index in [1.807, 2.05) is 6.92 Å². The van der Waals surface area contributed by atoms with E-state index in [1.54, 1.807) is 11.1 Å². The van der Waals surface area contributed by atoms with Gasteiger partial charge in [0.2, 0.25) is 0 Å². The zero-order valence-electron chi connectivity index (χ0n) is 24.9. The van der Waals surface area contributed by atoms with Crippen molar-refractivity contribution in [2.75, 3.05) is 26.4 Å². The number of alkyl carbamates (subject to hydrolysis) is 1. The predicted molar refractivity (Wildman–Crippen MR) is 153 cm³/mol. The van der Waals surface area contributed by atoms with Crippen LogP contribution in [0.1, 0.15) is 96.1 Å². The summed E-state index contributed by atoms with van der Waals surface area (Å²) in [4.78, 5) is 11.8. The summed E-state index contributed by atoms with van der Waals surface area (Å²) in [6.07, 6.45) is 8.14. The number of hydrogen-bond donors (Lipinski definition) is 1. The Morgan fingerprint density at radius 1 is 1.05 bits per heavy atom. The fourth-order valence-electron chi connectivity index (χ4n) is 9.07. The van der Waals surface area contributed by atoms with Crippen molar-refractivity contribution >= 4 is 6.09 Å². The van der Waals surface area contributed by atoms with E-state index >= 15 is 0 Å². The quantitative estimate of drug-likeness (QED) is 0.380. The Morgan fingerprint density at radius 2 is 1.80 bits per heavy atom. The molecule has 6 unspecified atom stereocenters. The van der Waals surface area contributed by atoms with Crippen LogP contribution in [0, 0.1) is 34.5 Å². The van der Waals surface area contributed by atoms with Crippen LogP contribution in [-0.2, 0) is 20.8 Å². The average molecular weight is 554 g/mol. The lowest BCUT2D eigenvalue weighted by atomic mass is 9.51. The average Bonchev–Trinajstić information content (AvgIpc) is 3.29. The molecule has 4 fully saturated rings. The van der Waals surface area contributed by atoms with Crippen molar-refractivity contribution < 1.29 is 23.4 Å². The number of nitrogens with one attached hydrogen (secondary N) is 1. The Balaban J connectivity index is 1.30. The van der Waals surface area contributed by atoms with Crippen LogP contribution < -0.4 is 5.32 Å². The summed E-state index contributed by atoms with van der Waals surface area (Å²) in [6.45, 7) is 10.8. The number of benzene rings is 1. The molecule has 1 spiro atoms. The number of hydrogen-bond acceptors (Lipinski definition) is 4. The van der Waals surface area contributed by atoms with Gasteiger partial charge in [-0.3, -0.25) is 4.39 Å². The molecule has 1 aliphatic heterocycles. The largest absolute Gasteiger partial charge is 0.445 e. The number of rotatable bonds is 5. The third-order valence-corrected chi connectivity index (χ3v) is 11.2. The maximum Gasteiger partial charge on any atom is 0.407 e. The summed E-state index contributed by atoms with van der Waals surface area (Å²) < 4.78 is 32.7. The molecular formula is C34H48FNO4. The van der Waals surface area contributed by atoms with Gasteiger partial charge in [-0.15, -0.1) is 0 Å². The van der Waals surface area contributed by atoms with E-state index in [1.165, 1.54) is 18.4 Å². The van der Waals surface area contributed by atoms with Crippen LogP contribution in [0.25, 0.3) is 0 Å². The van der Waals surface area contributed by atoms with Gasteiger partial charge in [0.15, 0.2) is 5.79 Å². The van der Waals surface area contributed by atoms with Crippen molar-refractivity contribution in [3.8, 4) is 0 Å². The van der Waals surface area contributed by atoms with Gasteiger partial charge in [0.25, 0.3) is 0 Å². The normalized spacial score (nSPS) is 36.0. The number of allylic oxidation sites excluding steroid dienone is 2. The second-order valence-electron chi connectivity index (χ2n) is 14.4. The molecule has 0 radical (unpaired) electrons. The first-order chi connectivity index (χ1) is 19.2. The van der Waals surface area contributed by atoms with Crippen LogP contribution in [0.3, 0.4) is 0 Å². The van der Waals surface area contributed by atoms with E-state index in [2.05, 4.69) is 50.4 Å². The number of halogens is 1. The Hall–Kier alpha value is -1.92. The van der Waals surface area contributed by atoms with E-state index in [0.29, 0.717) is 30.2 Å². The second kappa shape index (κ2) is 10.7. The molecule has 6 rings (SSSR count). The van der Waals surface area contributed by atoms with Gasteiger partial charge in [-0.25, -0.2) is 4.79 Å². The van der Waals surface area contributed by atoms with Gasteiger partial charge in [-0.1, -0.05) is 56.2 Å². The van der Waals surface area contributed by atoms with Crippen LogP contribution in [-0.4, -0.2) is 38.3 Å². The highest BCUT2D eigenvalue weighted by atomic mass is 19.1. The number of alkyl halides is 1. The second-order valence-corrected chi connectivity index (χ2v) is 14.4. The molecular weight excluding hydrogens is 505 g/mol. The molecule has 5 nitrogen and oxygen atoms in total. The molecule has 1 N–H and O–H groups in total. The highest BCUT2D eigenvalue weighted by Crippen LogP contribution is 2.66. The number of amides is 1. The summed E-state index contributed by atoms with van der Waals surface area (Å²) >= 11 is 0. The highest BCUT2D eigenvalue weighted by Gasteiger charge is 2.58. The minimum absolute atomic E-state index is 0.0397. The molecule has 220 valence electrons. The van der Waals surface area contributed by atoms with Crippen LogP contribution >= 0.6 is 0 Å². The molecule has 40 heavy (non-hydrogen) atoms. The third-order valence-electron chi connectivity index (χ3n) is 11.2. The van der Waals surface area contributed by atoms with Crippen molar-refractivity contribution in [1.82, 2.24) is 5.32 Å². The Labute approximate surface area is 239 Å². The SMILES string of the molecule is CCNC(=O)OCc1ccc(C2CC3(C)C(CF)CCC3C3CCC4CC5(CCC4=C23)OCC(C)(C)CO5)cc1. The van der Waals surface area contributed by atoms with E-state index in [9.17, 15) is 9.18 Å². The van der Waals surface area contributed by atoms with Crippen molar-refractivity contribution in [2.24, 2.45) is 34.5 Å². The summed E-state index contributed by atoms with van der Waals surface area (Å²) in [7, 11) is 0. The van der Waals surface area contributed by atoms with E-state index < -0.39 is 5.79 Å². The van der Waals surface area contributed by atoms with Crippen molar-refractivity contribution in [3.05, 3.63) is 46.5 Å². The molecule has 6 atom stereocenters. The monoisotopic (exact) mass is 553 g/mol. The molecule has 3 saturated carbocycles. The fourth-order valence-corrected chi connectivity index (χ4v) is 9.07. The van der Waals surface area contributed by atoms with E-state index in [0.717, 1.165) is 57.3 Å². The molecule has 4 aliphatic carbocycles. The van der Waals surface area contributed by atoms with Crippen LogP contribution in [0.5, 0.6) is 0 Å². The van der Waals surface area contributed by atoms with Gasteiger partial charge in [-0.05, 0) is 85.7 Å². The van der Waals surface area contributed by atoms with Gasteiger partial charge < -0.3 is 19.5 Å². The first-order valence-electron chi connectivity index (χ1n) is 15.7. The number of ether oxygens (including phenoxy) is 3. The van der Waals surface area contributed by atoms with Crippen molar-refractivity contribution in [2.45, 2.75) is 97.4 Å². The summed E-state index contributed by atoms with van der Waals surface area (Å²) in [6, 6.07) is 8.68. The smallest absolute Gasteiger partial charge is 0.407 e. The molecule has 1 heterocycles. The zero-order chi connectivity index (χ0) is 28.1. The maximum atomic E-state index is 14.4. The zero-order valence-corrected chi connectivity index (χ0v) is 24.9. The standard InChI is InChI=1S/C34H48FNO4/c1-5-36-31(37)38-19-22-6-8-23(9-7-22)28-17-33(4)25(18-35)11-13-29(33)27-12-10-24-16-34(15-14-26(24)30(27)28)39-20-32(2,3)21-40-34/h6-9,24-25,27-29H,5,10-21H2,1-4H3,(H,36,37). The first kappa shape index (κ1) is 28.2. The Bertz CT molecular complexity index is 1120. The summed E-state index contributed by atoms with van der Waals surface area (Å²) in [5.74, 6) is 1.70. The van der Waals surface area contributed by atoms with Gasteiger partial charge in [-0.2, -0.15) is 0 Å². The minimum Gasteiger partial charge on any atom is -0.445 e. The third kappa shape index (κ3) is 5.02. The maximum absolute atomic E-state index is 14.4. The number of fused-ring (bicyclic) bond motifs is 4. The fraction of sp³-hybridized carbons (Fsp3) is 0.735. The minimum atomic E-state index is -0.422. The Kier molecular flexibility index (Phi) is 7.57. The van der Waals surface area contributed by atoms with E-state index in [-0.39, 0.29) is 36.1 Å². The molecule has 1 saturated heterocycles. The molecule has 5 aliphatic rings. The number of carbonyl (C=O) groups is 1. The molecule has 1 aromatic carbocycles. The molecule has 6 heteroatoms.